The van der Waals surface area contributed by atoms with Crippen molar-refractivity contribution in [3.05, 3.63) is 34.9 Å². The Balaban J connectivity index is 2.37. The summed E-state index contributed by atoms with van der Waals surface area (Å²) in [5, 5.41) is 0.590. The molecule has 1 amide bonds. The van der Waals surface area contributed by atoms with Gasteiger partial charge in [-0.15, -0.1) is 0 Å². The molecule has 4 nitrogen and oxygen atoms in total. The van der Waals surface area contributed by atoms with Gasteiger partial charge in [0.15, 0.2) is 0 Å². The van der Waals surface area contributed by atoms with Crippen molar-refractivity contribution in [2.75, 3.05) is 20.3 Å². The fourth-order valence-electron chi connectivity index (χ4n) is 0.902. The van der Waals surface area contributed by atoms with Gasteiger partial charge in [0.25, 0.3) is 5.91 Å². The molecule has 5 heteroatoms. The van der Waals surface area contributed by atoms with Crippen molar-refractivity contribution in [3.8, 4) is 0 Å². The van der Waals surface area contributed by atoms with Crippen molar-refractivity contribution in [2.45, 2.75) is 0 Å². The lowest BCUT2D eigenvalue weighted by Crippen LogP contribution is -2.25. The van der Waals surface area contributed by atoms with Crippen molar-refractivity contribution in [2.24, 2.45) is 0 Å². The second-order valence-electron chi connectivity index (χ2n) is 2.78. The number of hydrogen-bond donors (Lipinski definition) is 1. The van der Waals surface area contributed by atoms with Crippen LogP contribution in [0.5, 0.6) is 0 Å². The highest BCUT2D eigenvalue weighted by Crippen LogP contribution is 2.09. The van der Waals surface area contributed by atoms with E-state index < -0.39 is 0 Å². The Morgan fingerprint density at radius 3 is 2.60 bits per heavy atom. The SMILES string of the molecule is COCCONC(=O)c1ccc(Cl)cc1. The number of nitrogens with one attached hydrogen (secondary N) is 1. The fraction of sp³-hybridized carbons (Fsp3) is 0.300. The number of hydrogen-bond acceptors (Lipinski definition) is 3. The number of rotatable bonds is 5. The number of hydroxylamine groups is 1. The zero-order valence-electron chi connectivity index (χ0n) is 8.33. The summed E-state index contributed by atoms with van der Waals surface area (Å²) in [5.41, 5.74) is 2.79. The van der Waals surface area contributed by atoms with Gasteiger partial charge in [0.1, 0.15) is 0 Å². The average molecular weight is 230 g/mol. The minimum absolute atomic E-state index is 0.303. The Hall–Kier alpha value is -1.10. The molecule has 0 atom stereocenters. The molecule has 0 aliphatic rings. The summed E-state index contributed by atoms with van der Waals surface area (Å²) in [6.45, 7) is 0.747. The third kappa shape index (κ3) is 4.29. The Bertz CT molecular complexity index is 313. The topological polar surface area (TPSA) is 47.6 Å². The minimum Gasteiger partial charge on any atom is -0.382 e. The molecule has 82 valence electrons. The smallest absolute Gasteiger partial charge is 0.274 e. The molecular weight excluding hydrogens is 218 g/mol. The molecule has 0 aliphatic carbocycles. The van der Waals surface area contributed by atoms with E-state index >= 15 is 0 Å². The fourth-order valence-corrected chi connectivity index (χ4v) is 1.03. The lowest BCUT2D eigenvalue weighted by atomic mass is 10.2. The maximum atomic E-state index is 11.4. The first kappa shape index (κ1) is 12.0. The molecule has 1 N–H and O–H groups in total. The van der Waals surface area contributed by atoms with Gasteiger partial charge in [0, 0.05) is 17.7 Å². The van der Waals surface area contributed by atoms with Crippen molar-refractivity contribution in [3.63, 3.8) is 0 Å². The maximum absolute atomic E-state index is 11.4. The third-order valence-electron chi connectivity index (χ3n) is 1.66. The normalized spacial score (nSPS) is 10.0. The lowest BCUT2D eigenvalue weighted by molar-refractivity contribution is 0.00889. The summed E-state index contributed by atoms with van der Waals surface area (Å²) in [7, 11) is 1.56. The summed E-state index contributed by atoms with van der Waals surface area (Å²) in [4.78, 5) is 16.3. The summed E-state index contributed by atoms with van der Waals surface area (Å²) < 4.78 is 4.75. The highest BCUT2D eigenvalue weighted by molar-refractivity contribution is 6.30. The van der Waals surface area contributed by atoms with Crippen molar-refractivity contribution < 1.29 is 14.4 Å². The molecule has 0 aliphatic heterocycles. The second-order valence-corrected chi connectivity index (χ2v) is 3.22. The van der Waals surface area contributed by atoms with Crippen LogP contribution >= 0.6 is 11.6 Å². The molecule has 0 unspecified atom stereocenters. The maximum Gasteiger partial charge on any atom is 0.274 e. The van der Waals surface area contributed by atoms with Crippen LogP contribution in [-0.2, 0) is 9.57 Å². The molecule has 0 aromatic heterocycles. The monoisotopic (exact) mass is 229 g/mol. The molecule has 1 aromatic rings. The number of halogens is 1. The molecule has 0 bridgehead atoms. The zero-order chi connectivity index (χ0) is 11.1. The van der Waals surface area contributed by atoms with E-state index in [1.54, 1.807) is 31.4 Å². The van der Waals surface area contributed by atoms with Gasteiger partial charge in [-0.3, -0.25) is 9.63 Å². The van der Waals surface area contributed by atoms with Gasteiger partial charge in [0.05, 0.1) is 13.2 Å². The van der Waals surface area contributed by atoms with Crippen LogP contribution in [0.4, 0.5) is 0 Å². The number of carbonyl (C=O) groups excluding carboxylic acids is 1. The number of methoxy groups -OCH3 is 1. The molecular formula is C10H12ClNO3. The minimum atomic E-state index is -0.303. The van der Waals surface area contributed by atoms with Crippen LogP contribution in [0.25, 0.3) is 0 Å². The van der Waals surface area contributed by atoms with Gasteiger partial charge in [0.2, 0.25) is 0 Å². The molecule has 0 saturated carbocycles. The van der Waals surface area contributed by atoms with E-state index in [-0.39, 0.29) is 5.91 Å². The average Bonchev–Trinajstić information content (AvgIpc) is 2.25. The number of ether oxygens (including phenoxy) is 1. The van der Waals surface area contributed by atoms with Crippen molar-refractivity contribution in [1.29, 1.82) is 0 Å². The van der Waals surface area contributed by atoms with Gasteiger partial charge in [-0.05, 0) is 24.3 Å². The van der Waals surface area contributed by atoms with Crippen LogP contribution in [0.2, 0.25) is 5.02 Å². The summed E-state index contributed by atoms with van der Waals surface area (Å²) >= 11 is 5.68. The Morgan fingerprint density at radius 2 is 2.00 bits per heavy atom. The van der Waals surface area contributed by atoms with Gasteiger partial charge >= 0.3 is 0 Å². The van der Waals surface area contributed by atoms with Crippen LogP contribution in [-0.4, -0.2) is 26.2 Å². The molecule has 1 rings (SSSR count). The molecule has 0 spiro atoms. The van der Waals surface area contributed by atoms with E-state index in [4.69, 9.17) is 21.2 Å². The van der Waals surface area contributed by atoms with Crippen LogP contribution < -0.4 is 5.48 Å². The first-order chi connectivity index (χ1) is 7.24. The number of benzene rings is 1. The van der Waals surface area contributed by atoms with E-state index in [2.05, 4.69) is 5.48 Å². The van der Waals surface area contributed by atoms with Gasteiger partial charge in [-0.1, -0.05) is 11.6 Å². The van der Waals surface area contributed by atoms with E-state index in [0.29, 0.717) is 23.8 Å². The second kappa shape index (κ2) is 6.40. The van der Waals surface area contributed by atoms with Crippen LogP contribution in [0.1, 0.15) is 10.4 Å². The van der Waals surface area contributed by atoms with Gasteiger partial charge < -0.3 is 4.74 Å². The molecule has 0 saturated heterocycles. The lowest BCUT2D eigenvalue weighted by Gasteiger charge is -2.05. The first-order valence-electron chi connectivity index (χ1n) is 4.40. The van der Waals surface area contributed by atoms with Crippen LogP contribution in [0.3, 0.4) is 0 Å². The van der Waals surface area contributed by atoms with Crippen molar-refractivity contribution in [1.82, 2.24) is 5.48 Å². The Kier molecular flexibility index (Phi) is 5.10. The highest BCUT2D eigenvalue weighted by atomic mass is 35.5. The van der Waals surface area contributed by atoms with E-state index in [0.717, 1.165) is 0 Å². The molecule has 0 radical (unpaired) electrons. The number of carbonyl (C=O) groups is 1. The van der Waals surface area contributed by atoms with E-state index in [1.165, 1.54) is 0 Å². The van der Waals surface area contributed by atoms with Crippen molar-refractivity contribution >= 4 is 17.5 Å². The van der Waals surface area contributed by atoms with E-state index in [1.807, 2.05) is 0 Å². The number of amides is 1. The van der Waals surface area contributed by atoms with E-state index in [9.17, 15) is 4.79 Å². The predicted molar refractivity (Wildman–Crippen MR) is 56.7 cm³/mol. The predicted octanol–water partition coefficient (Wildman–Crippen LogP) is 1.65. The summed E-state index contributed by atoms with van der Waals surface area (Å²) in [6, 6.07) is 6.53. The highest BCUT2D eigenvalue weighted by Gasteiger charge is 2.04. The summed E-state index contributed by atoms with van der Waals surface area (Å²) in [5.74, 6) is -0.303. The van der Waals surface area contributed by atoms with Crippen LogP contribution in [0.15, 0.2) is 24.3 Å². The van der Waals surface area contributed by atoms with Crippen LogP contribution in [0, 0.1) is 0 Å². The third-order valence-corrected chi connectivity index (χ3v) is 1.91. The summed E-state index contributed by atoms with van der Waals surface area (Å²) in [6.07, 6.45) is 0. The standard InChI is InChI=1S/C10H12ClNO3/c1-14-6-7-15-12-10(13)8-2-4-9(11)5-3-8/h2-5H,6-7H2,1H3,(H,12,13). The molecule has 1 aromatic carbocycles. The quantitative estimate of drug-likeness (QED) is 0.617. The van der Waals surface area contributed by atoms with Gasteiger partial charge in [-0.2, -0.15) is 0 Å². The molecule has 15 heavy (non-hydrogen) atoms. The first-order valence-corrected chi connectivity index (χ1v) is 4.78. The largest absolute Gasteiger partial charge is 0.382 e. The Labute approximate surface area is 93.1 Å². The molecule has 0 heterocycles. The molecule has 0 fully saturated rings. The van der Waals surface area contributed by atoms with Gasteiger partial charge in [-0.25, -0.2) is 5.48 Å². The zero-order valence-corrected chi connectivity index (χ0v) is 9.08. The Morgan fingerprint density at radius 1 is 1.33 bits per heavy atom.